The van der Waals surface area contributed by atoms with Crippen LogP contribution in [0.1, 0.15) is 29.2 Å². The number of benzene rings is 4. The third kappa shape index (κ3) is 8.25. The number of sulfonamides is 1. The highest BCUT2D eigenvalue weighted by Gasteiger charge is 2.35. The fraction of sp³-hybridized carbons (Fsp3) is 0.278. The highest BCUT2D eigenvalue weighted by molar-refractivity contribution is 7.92. The van der Waals surface area contributed by atoms with E-state index in [0.717, 1.165) is 26.6 Å². The summed E-state index contributed by atoms with van der Waals surface area (Å²) in [7, 11) is -1.26. The summed E-state index contributed by atoms with van der Waals surface area (Å²) in [6.45, 7) is 5.33. The fourth-order valence-corrected chi connectivity index (χ4v) is 6.58. The Morgan fingerprint density at radius 3 is 2.13 bits per heavy atom. The average molecular weight is 644 g/mol. The number of likely N-dealkylation sites (N-methyl/N-ethyl adjacent to an activating group) is 1. The maximum Gasteiger partial charge on any atom is 0.264 e. The molecule has 1 atom stereocenters. The third-order valence-electron chi connectivity index (χ3n) is 7.60. The number of nitrogens with zero attached hydrogens (tertiary/aromatic N) is 2. The van der Waals surface area contributed by atoms with E-state index < -0.39 is 28.5 Å². The zero-order valence-corrected chi connectivity index (χ0v) is 27.7. The standard InChI is InChI=1S/C36H41N3O6S/c1-6-37-36(41)33(23-28-11-8-7-9-12-28)38(24-29-13-10-14-30(22-29)44-4)35(40)25-39(32-21-27(3)17-20-34(32)45-5)46(42,43)31-18-15-26(2)16-19-31/h7-22,33H,6,23-25H2,1-5H3,(H,37,41)/t33-/m1/s1. The molecule has 0 fully saturated rings. The molecule has 0 radical (unpaired) electrons. The highest BCUT2D eigenvalue weighted by atomic mass is 32.2. The number of carbonyl (C=O) groups is 2. The van der Waals surface area contributed by atoms with Crippen molar-refractivity contribution in [1.29, 1.82) is 0 Å². The predicted molar refractivity (Wildman–Crippen MR) is 180 cm³/mol. The van der Waals surface area contributed by atoms with E-state index in [1.165, 1.54) is 24.1 Å². The largest absolute Gasteiger partial charge is 0.497 e. The average Bonchev–Trinajstić information content (AvgIpc) is 3.05. The Labute approximate surface area is 271 Å². The van der Waals surface area contributed by atoms with Crippen molar-refractivity contribution in [3.63, 3.8) is 0 Å². The lowest BCUT2D eigenvalue weighted by atomic mass is 10.0. The molecule has 0 aliphatic rings. The Hall–Kier alpha value is -4.83. The van der Waals surface area contributed by atoms with Gasteiger partial charge in [-0.15, -0.1) is 0 Å². The summed E-state index contributed by atoms with van der Waals surface area (Å²) in [5.74, 6) is -0.0217. The lowest BCUT2D eigenvalue weighted by Gasteiger charge is -2.34. The SMILES string of the molecule is CCNC(=O)[C@@H](Cc1ccccc1)N(Cc1cccc(OC)c1)C(=O)CN(c1cc(C)ccc1OC)S(=O)(=O)c1ccc(C)cc1. The van der Waals surface area contributed by atoms with Crippen LogP contribution >= 0.6 is 0 Å². The number of carbonyl (C=O) groups excluding carboxylic acids is 2. The summed E-state index contributed by atoms with van der Waals surface area (Å²) in [5.41, 5.74) is 3.47. The van der Waals surface area contributed by atoms with Crippen LogP contribution in [0.2, 0.25) is 0 Å². The van der Waals surface area contributed by atoms with Gasteiger partial charge in [0.25, 0.3) is 10.0 Å². The molecule has 10 heteroatoms. The van der Waals surface area contributed by atoms with E-state index in [1.54, 1.807) is 55.6 Å². The van der Waals surface area contributed by atoms with Crippen LogP contribution in [0.4, 0.5) is 5.69 Å². The second-order valence-electron chi connectivity index (χ2n) is 11.0. The van der Waals surface area contributed by atoms with Gasteiger partial charge in [-0.05, 0) is 73.9 Å². The summed E-state index contributed by atoms with van der Waals surface area (Å²) >= 11 is 0. The maximum atomic E-state index is 14.6. The Kier molecular flexibility index (Phi) is 11.4. The molecule has 0 aliphatic carbocycles. The minimum Gasteiger partial charge on any atom is -0.497 e. The molecule has 4 rings (SSSR count). The number of nitrogens with one attached hydrogen (secondary N) is 1. The van der Waals surface area contributed by atoms with Gasteiger partial charge in [-0.25, -0.2) is 8.42 Å². The number of anilines is 1. The zero-order valence-electron chi connectivity index (χ0n) is 26.9. The van der Waals surface area contributed by atoms with Crippen molar-refractivity contribution in [3.05, 3.63) is 119 Å². The van der Waals surface area contributed by atoms with Crippen LogP contribution in [0.15, 0.2) is 102 Å². The maximum absolute atomic E-state index is 14.6. The topological polar surface area (TPSA) is 105 Å². The molecule has 0 aromatic heterocycles. The lowest BCUT2D eigenvalue weighted by molar-refractivity contribution is -0.140. The Balaban J connectivity index is 1.85. The molecule has 9 nitrogen and oxygen atoms in total. The smallest absolute Gasteiger partial charge is 0.264 e. The monoisotopic (exact) mass is 643 g/mol. The van der Waals surface area contributed by atoms with Gasteiger partial charge in [-0.3, -0.25) is 13.9 Å². The molecule has 0 unspecified atom stereocenters. The fourth-order valence-electron chi connectivity index (χ4n) is 5.16. The summed E-state index contributed by atoms with van der Waals surface area (Å²) in [4.78, 5) is 29.8. The van der Waals surface area contributed by atoms with E-state index in [9.17, 15) is 18.0 Å². The van der Waals surface area contributed by atoms with Crippen LogP contribution in [0.3, 0.4) is 0 Å². The van der Waals surface area contributed by atoms with Crippen LogP contribution in [-0.2, 0) is 32.6 Å². The van der Waals surface area contributed by atoms with Gasteiger partial charge >= 0.3 is 0 Å². The number of rotatable bonds is 14. The van der Waals surface area contributed by atoms with Crippen molar-refractivity contribution >= 4 is 27.5 Å². The van der Waals surface area contributed by atoms with Gasteiger partial charge in [-0.2, -0.15) is 0 Å². The van der Waals surface area contributed by atoms with E-state index in [2.05, 4.69) is 5.32 Å². The molecule has 1 N–H and O–H groups in total. The lowest BCUT2D eigenvalue weighted by Crippen LogP contribution is -2.53. The van der Waals surface area contributed by atoms with Crippen molar-refractivity contribution in [2.45, 2.75) is 44.7 Å². The molecule has 0 aliphatic heterocycles. The van der Waals surface area contributed by atoms with Crippen LogP contribution in [0.25, 0.3) is 0 Å². The van der Waals surface area contributed by atoms with E-state index >= 15 is 0 Å². The van der Waals surface area contributed by atoms with E-state index in [4.69, 9.17) is 9.47 Å². The third-order valence-corrected chi connectivity index (χ3v) is 9.37. The normalized spacial score (nSPS) is 11.8. The van der Waals surface area contributed by atoms with Crippen LogP contribution < -0.4 is 19.1 Å². The van der Waals surface area contributed by atoms with Crippen LogP contribution in [0, 0.1) is 13.8 Å². The van der Waals surface area contributed by atoms with Gasteiger partial charge in [0.05, 0.1) is 24.8 Å². The molecule has 2 amide bonds. The summed E-state index contributed by atoms with van der Waals surface area (Å²) in [6, 6.07) is 27.3. The molecule has 0 saturated carbocycles. The second-order valence-corrected chi connectivity index (χ2v) is 12.8. The first kappa shape index (κ1) is 34.1. The number of hydrogen-bond donors (Lipinski definition) is 1. The van der Waals surface area contributed by atoms with Crippen LogP contribution in [0.5, 0.6) is 11.5 Å². The van der Waals surface area contributed by atoms with Crippen LogP contribution in [-0.4, -0.2) is 58.5 Å². The molecular formula is C36H41N3O6S. The Morgan fingerprint density at radius 2 is 1.48 bits per heavy atom. The Morgan fingerprint density at radius 1 is 0.804 bits per heavy atom. The van der Waals surface area contributed by atoms with E-state index in [0.29, 0.717) is 12.3 Å². The Bertz CT molecular complexity index is 1740. The molecular weight excluding hydrogens is 602 g/mol. The molecule has 0 saturated heterocycles. The molecule has 46 heavy (non-hydrogen) atoms. The van der Waals surface area contributed by atoms with Gasteiger partial charge in [0.1, 0.15) is 24.1 Å². The number of amides is 2. The van der Waals surface area contributed by atoms with Gasteiger partial charge in [0.2, 0.25) is 11.8 Å². The molecule has 0 bridgehead atoms. The quantitative estimate of drug-likeness (QED) is 0.200. The predicted octanol–water partition coefficient (Wildman–Crippen LogP) is 5.29. The number of ether oxygens (including phenoxy) is 2. The van der Waals surface area contributed by atoms with Crippen molar-refractivity contribution in [2.75, 3.05) is 31.6 Å². The van der Waals surface area contributed by atoms with Gasteiger partial charge in [-0.1, -0.05) is 66.2 Å². The van der Waals surface area contributed by atoms with Crippen molar-refractivity contribution in [1.82, 2.24) is 10.2 Å². The van der Waals surface area contributed by atoms with Crippen molar-refractivity contribution < 1.29 is 27.5 Å². The number of aryl methyl sites for hydroxylation is 2. The zero-order chi connectivity index (χ0) is 33.3. The minimum absolute atomic E-state index is 0.0263. The molecule has 4 aromatic rings. The molecule has 242 valence electrons. The summed E-state index contributed by atoms with van der Waals surface area (Å²) in [5, 5.41) is 2.87. The van der Waals surface area contributed by atoms with Crippen molar-refractivity contribution in [3.8, 4) is 11.5 Å². The summed E-state index contributed by atoms with van der Waals surface area (Å²) in [6.07, 6.45) is 0.223. The van der Waals surface area contributed by atoms with E-state index in [-0.39, 0.29) is 35.2 Å². The van der Waals surface area contributed by atoms with Gasteiger partial charge in [0, 0.05) is 19.5 Å². The van der Waals surface area contributed by atoms with Gasteiger partial charge in [0.15, 0.2) is 0 Å². The first-order valence-corrected chi connectivity index (χ1v) is 16.5. The van der Waals surface area contributed by atoms with E-state index in [1.807, 2.05) is 57.2 Å². The van der Waals surface area contributed by atoms with Crippen molar-refractivity contribution in [2.24, 2.45) is 0 Å². The summed E-state index contributed by atoms with van der Waals surface area (Å²) < 4.78 is 40.7. The highest BCUT2D eigenvalue weighted by Crippen LogP contribution is 2.34. The second kappa shape index (κ2) is 15.4. The molecule has 0 spiro atoms. The first-order chi connectivity index (χ1) is 22.1. The number of hydrogen-bond acceptors (Lipinski definition) is 6. The minimum atomic E-state index is -4.26. The first-order valence-electron chi connectivity index (χ1n) is 15.1. The molecule has 4 aromatic carbocycles. The van der Waals surface area contributed by atoms with Gasteiger partial charge < -0.3 is 19.7 Å². The number of methoxy groups -OCH3 is 2. The molecule has 0 heterocycles.